The topological polar surface area (TPSA) is 32.8 Å². The van der Waals surface area contributed by atoms with Crippen LogP contribution in [-0.2, 0) is 5.41 Å². The minimum atomic E-state index is -0.671. The highest BCUT2D eigenvalue weighted by Gasteiger charge is 2.46. The second-order valence-electron chi connectivity index (χ2n) is 16.4. The lowest BCUT2D eigenvalue weighted by Crippen LogP contribution is -2.38. The number of carbonyl (C=O) groups is 1. The molecule has 0 saturated heterocycles. The number of hydrogen-bond acceptors (Lipinski definition) is 4. The molecule has 0 N–H and O–H groups in total. The lowest BCUT2D eigenvalue weighted by atomic mass is 9.59. The van der Waals surface area contributed by atoms with Crippen molar-refractivity contribution in [2.75, 3.05) is 9.80 Å². The molecule has 10 aromatic rings. The quantitative estimate of drug-likeness (QED) is 0.160. The van der Waals surface area contributed by atoms with Gasteiger partial charge in [-0.2, -0.15) is 0 Å². The van der Waals surface area contributed by atoms with E-state index in [1.165, 1.54) is 10.8 Å². The molecule has 0 radical (unpaired) electrons. The average molecular weight is 821 g/mol. The Bertz CT molecular complexity index is 3340. The minimum absolute atomic E-state index is 0.0407. The molecule has 0 unspecified atom stereocenters. The first-order valence-corrected chi connectivity index (χ1v) is 21.7. The van der Waals surface area contributed by atoms with E-state index in [4.69, 9.17) is 4.74 Å². The standard InChI is InChI=1S/C60H40N2O2/c63-59-51-24-12-13-25-53(51)60(45-18-4-1-5-19-45,46-20-6-2-7-21-46)54-36-31-44(39-52(54)59)42-28-32-48(33-29-42)62-55-26-14-15-27-57(55)64-58-40-50(35-37-56(58)62)61(47-22-8-3-9-23-47)49-34-30-41-16-10-11-17-43(41)38-49/h1-40H. The molecule has 4 nitrogen and oxygen atoms in total. The van der Waals surface area contributed by atoms with Crippen LogP contribution in [0.3, 0.4) is 0 Å². The van der Waals surface area contributed by atoms with E-state index in [1.54, 1.807) is 0 Å². The molecule has 0 fully saturated rings. The van der Waals surface area contributed by atoms with Crippen molar-refractivity contribution in [1.82, 2.24) is 0 Å². The number of anilines is 6. The summed E-state index contributed by atoms with van der Waals surface area (Å²) in [6.45, 7) is 0. The summed E-state index contributed by atoms with van der Waals surface area (Å²) in [6, 6.07) is 84.6. The van der Waals surface area contributed by atoms with Crippen LogP contribution in [0.4, 0.5) is 34.1 Å². The highest BCUT2D eigenvalue weighted by molar-refractivity contribution is 6.14. The summed E-state index contributed by atoms with van der Waals surface area (Å²) in [5.41, 5.74) is 13.0. The Morgan fingerprint density at radius 1 is 0.391 bits per heavy atom. The van der Waals surface area contributed by atoms with Gasteiger partial charge in [0.15, 0.2) is 17.3 Å². The largest absolute Gasteiger partial charge is 0.453 e. The smallest absolute Gasteiger partial charge is 0.193 e. The highest BCUT2D eigenvalue weighted by atomic mass is 16.5. The third-order valence-electron chi connectivity index (χ3n) is 12.9. The van der Waals surface area contributed by atoms with Crippen molar-refractivity contribution < 1.29 is 9.53 Å². The number of benzene rings is 10. The van der Waals surface area contributed by atoms with Crippen molar-refractivity contribution in [2.45, 2.75) is 5.41 Å². The molecule has 2 aliphatic rings. The van der Waals surface area contributed by atoms with Gasteiger partial charge in [0.1, 0.15) is 0 Å². The molecular formula is C60H40N2O2. The van der Waals surface area contributed by atoms with Gasteiger partial charge in [-0.05, 0) is 111 Å². The summed E-state index contributed by atoms with van der Waals surface area (Å²) in [4.78, 5) is 19.1. The number of ether oxygens (including phenoxy) is 1. The van der Waals surface area contributed by atoms with Crippen LogP contribution in [-0.4, -0.2) is 5.78 Å². The van der Waals surface area contributed by atoms with E-state index in [-0.39, 0.29) is 5.78 Å². The fraction of sp³-hybridized carbons (Fsp3) is 0.0167. The molecule has 64 heavy (non-hydrogen) atoms. The average Bonchev–Trinajstić information content (AvgIpc) is 3.37. The third kappa shape index (κ3) is 5.95. The maximum Gasteiger partial charge on any atom is 0.193 e. The molecule has 0 aromatic heterocycles. The maximum atomic E-state index is 14.6. The Labute approximate surface area is 372 Å². The normalized spacial score (nSPS) is 13.2. The van der Waals surface area contributed by atoms with Gasteiger partial charge in [-0.3, -0.25) is 4.79 Å². The van der Waals surface area contributed by atoms with Crippen molar-refractivity contribution in [3.8, 4) is 22.6 Å². The summed E-state index contributed by atoms with van der Waals surface area (Å²) >= 11 is 0. The van der Waals surface area contributed by atoms with Gasteiger partial charge in [0.05, 0.1) is 16.8 Å². The molecule has 0 saturated carbocycles. The van der Waals surface area contributed by atoms with Gasteiger partial charge in [-0.25, -0.2) is 0 Å². The van der Waals surface area contributed by atoms with Crippen LogP contribution in [0.2, 0.25) is 0 Å². The van der Waals surface area contributed by atoms with Crippen LogP contribution < -0.4 is 14.5 Å². The fourth-order valence-corrected chi connectivity index (χ4v) is 10.0. The maximum absolute atomic E-state index is 14.6. The van der Waals surface area contributed by atoms with E-state index >= 15 is 0 Å². The number of fused-ring (bicyclic) bond motifs is 5. The SMILES string of the molecule is O=C1c2ccccc2C(c2ccccc2)(c2ccccc2)c2ccc(-c3ccc(N4c5ccccc5Oc5cc(N(c6ccccc6)c6ccc7ccccc7c6)ccc54)cc3)cc21. The lowest BCUT2D eigenvalue weighted by Gasteiger charge is -2.41. The zero-order chi connectivity index (χ0) is 42.6. The van der Waals surface area contributed by atoms with E-state index in [1.807, 2.05) is 54.6 Å². The first kappa shape index (κ1) is 37.3. The van der Waals surface area contributed by atoms with Gasteiger partial charge in [-0.1, -0.05) is 170 Å². The predicted octanol–water partition coefficient (Wildman–Crippen LogP) is 15.5. The van der Waals surface area contributed by atoms with Crippen molar-refractivity contribution in [3.05, 3.63) is 276 Å². The minimum Gasteiger partial charge on any atom is -0.453 e. The summed E-state index contributed by atoms with van der Waals surface area (Å²) in [7, 11) is 0. The molecule has 302 valence electrons. The molecular weight excluding hydrogens is 781 g/mol. The summed E-state index contributed by atoms with van der Waals surface area (Å²) in [5, 5.41) is 2.38. The van der Waals surface area contributed by atoms with Gasteiger partial charge >= 0.3 is 0 Å². The Kier molecular flexibility index (Phi) is 8.84. The number of para-hydroxylation sites is 3. The first-order valence-electron chi connectivity index (χ1n) is 21.7. The molecule has 0 amide bonds. The van der Waals surface area contributed by atoms with Crippen molar-refractivity contribution in [3.63, 3.8) is 0 Å². The monoisotopic (exact) mass is 820 g/mol. The molecule has 12 rings (SSSR count). The van der Waals surface area contributed by atoms with Gasteiger partial charge in [0, 0.05) is 39.9 Å². The Balaban J connectivity index is 0.943. The Hall–Kier alpha value is -8.47. The molecule has 1 aliphatic carbocycles. The third-order valence-corrected chi connectivity index (χ3v) is 12.9. The molecule has 10 aromatic carbocycles. The van der Waals surface area contributed by atoms with E-state index in [9.17, 15) is 4.79 Å². The van der Waals surface area contributed by atoms with Crippen molar-refractivity contribution >= 4 is 50.7 Å². The number of hydrogen-bond donors (Lipinski definition) is 0. The van der Waals surface area contributed by atoms with Crippen molar-refractivity contribution in [2.24, 2.45) is 0 Å². The van der Waals surface area contributed by atoms with Crippen LogP contribution in [0.5, 0.6) is 11.5 Å². The molecule has 0 atom stereocenters. The lowest BCUT2D eigenvalue weighted by molar-refractivity contribution is 0.103. The van der Waals surface area contributed by atoms with Crippen molar-refractivity contribution in [1.29, 1.82) is 0 Å². The second kappa shape index (κ2) is 15.2. The Morgan fingerprint density at radius 2 is 0.969 bits per heavy atom. The number of carbonyl (C=O) groups excluding carboxylic acids is 1. The van der Waals surface area contributed by atoms with E-state index < -0.39 is 5.41 Å². The summed E-state index contributed by atoms with van der Waals surface area (Å²) < 4.78 is 6.72. The van der Waals surface area contributed by atoms with Gasteiger partial charge in [0.25, 0.3) is 0 Å². The van der Waals surface area contributed by atoms with Gasteiger partial charge in [-0.15, -0.1) is 0 Å². The second-order valence-corrected chi connectivity index (χ2v) is 16.4. The zero-order valence-electron chi connectivity index (χ0n) is 34.8. The van der Waals surface area contributed by atoms with E-state index in [0.717, 1.165) is 84.6 Å². The first-order chi connectivity index (χ1) is 31.6. The number of nitrogens with zero attached hydrogens (tertiary/aromatic N) is 2. The summed E-state index contributed by atoms with van der Waals surface area (Å²) in [6.07, 6.45) is 0. The van der Waals surface area contributed by atoms with E-state index in [0.29, 0.717) is 5.56 Å². The molecule has 1 heterocycles. The van der Waals surface area contributed by atoms with Crippen LogP contribution in [0.15, 0.2) is 243 Å². The van der Waals surface area contributed by atoms with Crippen LogP contribution in [0.1, 0.15) is 38.2 Å². The zero-order valence-corrected chi connectivity index (χ0v) is 34.8. The van der Waals surface area contributed by atoms with Crippen LogP contribution in [0, 0.1) is 0 Å². The van der Waals surface area contributed by atoms with Crippen LogP contribution >= 0.6 is 0 Å². The van der Waals surface area contributed by atoms with Crippen LogP contribution in [0.25, 0.3) is 21.9 Å². The highest BCUT2D eigenvalue weighted by Crippen LogP contribution is 2.54. The van der Waals surface area contributed by atoms with Gasteiger partial charge in [0.2, 0.25) is 0 Å². The Morgan fingerprint density at radius 3 is 1.73 bits per heavy atom. The molecule has 0 bridgehead atoms. The number of ketones is 1. The molecule has 4 heteroatoms. The predicted molar refractivity (Wildman–Crippen MR) is 261 cm³/mol. The van der Waals surface area contributed by atoms with E-state index in [2.05, 4.69) is 198 Å². The summed E-state index contributed by atoms with van der Waals surface area (Å²) in [5.74, 6) is 1.58. The molecule has 1 aliphatic heterocycles. The van der Waals surface area contributed by atoms with Gasteiger partial charge < -0.3 is 14.5 Å². The fourth-order valence-electron chi connectivity index (χ4n) is 10.0. The number of rotatable bonds is 7. The molecule has 0 spiro atoms.